The molecule has 1 amide bonds. The minimum atomic E-state index is -0.870. The number of carboxylic acid groups (broad SMARTS) is 1. The van der Waals surface area contributed by atoms with Gasteiger partial charge in [0.15, 0.2) is 0 Å². The van der Waals surface area contributed by atoms with Crippen molar-refractivity contribution in [3.8, 4) is 0 Å². The Morgan fingerprint density at radius 1 is 1.33 bits per heavy atom. The van der Waals surface area contributed by atoms with Crippen LogP contribution >= 0.6 is 0 Å². The number of nitrogens with one attached hydrogen (secondary N) is 1. The number of benzene rings is 1. The first-order valence-electron chi connectivity index (χ1n) is 6.85. The summed E-state index contributed by atoms with van der Waals surface area (Å²) in [7, 11) is 0. The van der Waals surface area contributed by atoms with Crippen LogP contribution in [0.3, 0.4) is 0 Å². The molecule has 1 aromatic rings. The van der Waals surface area contributed by atoms with E-state index in [0.717, 1.165) is 5.56 Å². The van der Waals surface area contributed by atoms with E-state index >= 15 is 0 Å². The number of carboxylic acids is 1. The van der Waals surface area contributed by atoms with E-state index in [1.807, 2.05) is 30.3 Å². The molecule has 0 fully saturated rings. The number of hydrogen-bond acceptors (Lipinski definition) is 3. The Morgan fingerprint density at radius 3 is 2.67 bits per heavy atom. The van der Waals surface area contributed by atoms with Crippen LogP contribution in [-0.2, 0) is 20.7 Å². The van der Waals surface area contributed by atoms with Crippen LogP contribution in [0.25, 0.3) is 0 Å². The van der Waals surface area contributed by atoms with Crippen LogP contribution in [0.1, 0.15) is 18.4 Å². The Morgan fingerprint density at radius 2 is 2.05 bits per heavy atom. The lowest BCUT2D eigenvalue weighted by Gasteiger charge is -2.18. The molecule has 0 heterocycles. The molecule has 1 unspecified atom stereocenters. The van der Waals surface area contributed by atoms with Crippen molar-refractivity contribution in [2.75, 3.05) is 13.2 Å². The summed E-state index contributed by atoms with van der Waals surface area (Å²) in [5, 5.41) is 11.6. The van der Waals surface area contributed by atoms with Crippen LogP contribution < -0.4 is 5.32 Å². The molecule has 5 heteroatoms. The minimum Gasteiger partial charge on any atom is -0.481 e. The maximum Gasteiger partial charge on any atom is 0.303 e. The van der Waals surface area contributed by atoms with Crippen LogP contribution in [0.15, 0.2) is 43.0 Å². The zero-order valence-electron chi connectivity index (χ0n) is 12.0. The van der Waals surface area contributed by atoms with Crippen molar-refractivity contribution in [3.05, 3.63) is 48.6 Å². The number of ether oxygens (including phenoxy) is 1. The summed E-state index contributed by atoms with van der Waals surface area (Å²) in [4.78, 5) is 22.4. The summed E-state index contributed by atoms with van der Waals surface area (Å²) in [5.74, 6) is -1.12. The van der Waals surface area contributed by atoms with Crippen molar-refractivity contribution < 1.29 is 19.4 Å². The first-order chi connectivity index (χ1) is 10.1. The van der Waals surface area contributed by atoms with Crippen molar-refractivity contribution in [2.45, 2.75) is 25.3 Å². The molecule has 0 aliphatic carbocycles. The highest BCUT2D eigenvalue weighted by atomic mass is 16.5. The molecule has 0 bridgehead atoms. The summed E-state index contributed by atoms with van der Waals surface area (Å²) >= 11 is 0. The first-order valence-corrected chi connectivity index (χ1v) is 6.85. The second-order valence-electron chi connectivity index (χ2n) is 4.69. The molecule has 0 saturated heterocycles. The van der Waals surface area contributed by atoms with Gasteiger partial charge in [-0.05, 0) is 18.4 Å². The van der Waals surface area contributed by atoms with Gasteiger partial charge in [0.25, 0.3) is 0 Å². The summed E-state index contributed by atoms with van der Waals surface area (Å²) in [6.45, 7) is 3.76. The fourth-order valence-corrected chi connectivity index (χ4v) is 1.93. The number of rotatable bonds is 10. The number of hydrogen-bond donors (Lipinski definition) is 2. The number of carbonyl (C=O) groups is 2. The SMILES string of the molecule is C=CCOCC(=O)NC(CCC(=O)O)Cc1ccccc1. The van der Waals surface area contributed by atoms with Crippen LogP contribution in [0.2, 0.25) is 0 Å². The van der Waals surface area contributed by atoms with E-state index in [1.165, 1.54) is 0 Å². The summed E-state index contributed by atoms with van der Waals surface area (Å²) in [5.41, 5.74) is 1.06. The highest BCUT2D eigenvalue weighted by Crippen LogP contribution is 2.08. The van der Waals surface area contributed by atoms with Crippen molar-refractivity contribution >= 4 is 11.9 Å². The third kappa shape index (κ3) is 7.89. The number of carbonyl (C=O) groups excluding carboxylic acids is 1. The Bertz CT molecular complexity index is 459. The number of aliphatic carboxylic acids is 1. The van der Waals surface area contributed by atoms with Crippen LogP contribution in [0, 0.1) is 0 Å². The van der Waals surface area contributed by atoms with Gasteiger partial charge >= 0.3 is 5.97 Å². The average Bonchev–Trinajstić information content (AvgIpc) is 2.46. The minimum absolute atomic E-state index is 0.0191. The van der Waals surface area contributed by atoms with E-state index in [4.69, 9.17) is 9.84 Å². The summed E-state index contributed by atoms with van der Waals surface area (Å²) < 4.78 is 5.07. The van der Waals surface area contributed by atoms with E-state index in [-0.39, 0.29) is 25.0 Å². The summed E-state index contributed by atoms with van der Waals surface area (Å²) in [6, 6.07) is 9.43. The molecule has 0 radical (unpaired) electrons. The lowest BCUT2D eigenvalue weighted by atomic mass is 10.0. The topological polar surface area (TPSA) is 75.6 Å². The zero-order chi connectivity index (χ0) is 15.5. The van der Waals surface area contributed by atoms with Crippen molar-refractivity contribution in [2.24, 2.45) is 0 Å². The molecule has 0 saturated carbocycles. The molecule has 1 rings (SSSR count). The molecule has 21 heavy (non-hydrogen) atoms. The molecule has 1 atom stereocenters. The fourth-order valence-electron chi connectivity index (χ4n) is 1.93. The molecule has 2 N–H and O–H groups in total. The first kappa shape index (κ1) is 16.9. The molecule has 0 aliphatic heterocycles. The van der Waals surface area contributed by atoms with Crippen LogP contribution in [0.5, 0.6) is 0 Å². The maximum atomic E-state index is 11.7. The molecule has 0 aromatic heterocycles. The van der Waals surface area contributed by atoms with E-state index in [9.17, 15) is 9.59 Å². The highest BCUT2D eigenvalue weighted by Gasteiger charge is 2.14. The van der Waals surface area contributed by atoms with Gasteiger partial charge < -0.3 is 15.2 Å². The van der Waals surface area contributed by atoms with Gasteiger partial charge in [-0.1, -0.05) is 36.4 Å². The van der Waals surface area contributed by atoms with Gasteiger partial charge in [-0.15, -0.1) is 6.58 Å². The largest absolute Gasteiger partial charge is 0.481 e. The lowest BCUT2D eigenvalue weighted by molar-refractivity contribution is -0.137. The molecule has 114 valence electrons. The smallest absolute Gasteiger partial charge is 0.303 e. The van der Waals surface area contributed by atoms with Gasteiger partial charge in [-0.3, -0.25) is 9.59 Å². The zero-order valence-corrected chi connectivity index (χ0v) is 12.0. The second-order valence-corrected chi connectivity index (χ2v) is 4.69. The molecule has 1 aromatic carbocycles. The van der Waals surface area contributed by atoms with Crippen molar-refractivity contribution in [1.82, 2.24) is 5.32 Å². The molecular formula is C16H21NO4. The third-order valence-corrected chi connectivity index (χ3v) is 2.87. The van der Waals surface area contributed by atoms with E-state index in [0.29, 0.717) is 19.4 Å². The van der Waals surface area contributed by atoms with Gasteiger partial charge in [0.1, 0.15) is 6.61 Å². The van der Waals surface area contributed by atoms with Gasteiger partial charge in [0.05, 0.1) is 6.61 Å². The second kappa shape index (κ2) is 9.72. The predicted octanol–water partition coefficient (Wildman–Crippen LogP) is 1.78. The van der Waals surface area contributed by atoms with E-state index < -0.39 is 5.97 Å². The third-order valence-electron chi connectivity index (χ3n) is 2.87. The molecular weight excluding hydrogens is 270 g/mol. The van der Waals surface area contributed by atoms with Crippen LogP contribution in [0.4, 0.5) is 0 Å². The Hall–Kier alpha value is -2.14. The van der Waals surface area contributed by atoms with Crippen molar-refractivity contribution in [3.63, 3.8) is 0 Å². The van der Waals surface area contributed by atoms with Crippen LogP contribution in [-0.4, -0.2) is 36.2 Å². The Kier molecular flexibility index (Phi) is 7.82. The van der Waals surface area contributed by atoms with Gasteiger partial charge in [-0.25, -0.2) is 0 Å². The molecule has 0 spiro atoms. The number of amides is 1. The average molecular weight is 291 g/mol. The standard InChI is InChI=1S/C16H21NO4/c1-2-10-21-12-15(18)17-14(8-9-16(19)20)11-13-6-4-3-5-7-13/h2-7,14H,1,8-12H2,(H,17,18)(H,19,20). The quantitative estimate of drug-likeness (QED) is 0.509. The van der Waals surface area contributed by atoms with E-state index in [2.05, 4.69) is 11.9 Å². The highest BCUT2D eigenvalue weighted by molar-refractivity contribution is 5.77. The molecule has 0 aliphatic rings. The monoisotopic (exact) mass is 291 g/mol. The Labute approximate surface area is 124 Å². The van der Waals surface area contributed by atoms with E-state index in [1.54, 1.807) is 6.08 Å². The Balaban J connectivity index is 2.53. The maximum absolute atomic E-state index is 11.7. The normalized spacial score (nSPS) is 11.6. The van der Waals surface area contributed by atoms with Gasteiger partial charge in [0.2, 0.25) is 5.91 Å². The molecule has 5 nitrogen and oxygen atoms in total. The van der Waals surface area contributed by atoms with Crippen molar-refractivity contribution in [1.29, 1.82) is 0 Å². The fraction of sp³-hybridized carbons (Fsp3) is 0.375. The predicted molar refractivity (Wildman–Crippen MR) is 80.0 cm³/mol. The summed E-state index contributed by atoms with van der Waals surface area (Å²) in [6.07, 6.45) is 2.57. The van der Waals surface area contributed by atoms with Gasteiger partial charge in [-0.2, -0.15) is 0 Å². The lowest BCUT2D eigenvalue weighted by Crippen LogP contribution is -2.39. The van der Waals surface area contributed by atoms with Gasteiger partial charge in [0, 0.05) is 12.5 Å².